The lowest BCUT2D eigenvalue weighted by atomic mass is 9.80. The Morgan fingerprint density at radius 2 is 1.86 bits per heavy atom. The fourth-order valence-corrected chi connectivity index (χ4v) is 3.05. The topological polar surface area (TPSA) is 9.23 Å². The molecule has 0 saturated heterocycles. The van der Waals surface area contributed by atoms with E-state index in [1.807, 2.05) is 0 Å². The maximum absolute atomic E-state index is 13.8. The van der Waals surface area contributed by atoms with Gasteiger partial charge in [0.2, 0.25) is 5.82 Å². The van der Waals surface area contributed by atoms with E-state index in [4.69, 9.17) is 4.74 Å². The van der Waals surface area contributed by atoms with Crippen LogP contribution in [0.2, 0.25) is 0 Å². The average Bonchev–Trinajstić information content (AvgIpc) is 2.55. The zero-order chi connectivity index (χ0) is 15.9. The van der Waals surface area contributed by atoms with Crippen LogP contribution in [-0.2, 0) is 0 Å². The third-order valence-corrected chi connectivity index (χ3v) is 4.49. The predicted molar refractivity (Wildman–Crippen MR) is 84.8 cm³/mol. The number of hydrogen-bond donors (Lipinski definition) is 0. The first kappa shape index (κ1) is 16.8. The van der Waals surface area contributed by atoms with Gasteiger partial charge < -0.3 is 4.74 Å². The van der Waals surface area contributed by atoms with Gasteiger partial charge in [0.05, 0.1) is 12.7 Å². The van der Waals surface area contributed by atoms with Gasteiger partial charge in [0.1, 0.15) is 0 Å². The van der Waals surface area contributed by atoms with Crippen LogP contribution in [0.15, 0.2) is 12.1 Å². The number of benzene rings is 1. The van der Waals surface area contributed by atoms with Crippen LogP contribution in [0.1, 0.15) is 57.4 Å². The molecule has 1 nitrogen and oxygen atoms in total. The normalized spacial score (nSPS) is 21.1. The number of methoxy groups -OCH3 is 1. The summed E-state index contributed by atoms with van der Waals surface area (Å²) in [5.41, 5.74) is 0.117. The smallest absolute Gasteiger partial charge is 0.201 e. The molecule has 0 bridgehead atoms. The summed E-state index contributed by atoms with van der Waals surface area (Å²) in [6.45, 7) is 2.22. The highest BCUT2D eigenvalue weighted by Gasteiger charge is 2.19. The number of unbranched alkanes of at least 4 members (excludes halogenated alkanes) is 1. The quantitative estimate of drug-likeness (QED) is 0.684. The van der Waals surface area contributed by atoms with E-state index in [1.54, 1.807) is 0 Å². The molecule has 0 heterocycles. The lowest BCUT2D eigenvalue weighted by molar-refractivity contribution is 0.296. The van der Waals surface area contributed by atoms with Crippen LogP contribution in [0.3, 0.4) is 0 Å². The van der Waals surface area contributed by atoms with Crippen LogP contribution < -0.4 is 4.74 Å². The van der Waals surface area contributed by atoms with Crippen molar-refractivity contribution in [2.45, 2.75) is 51.9 Å². The Bertz CT molecular complexity index is 549. The summed E-state index contributed by atoms with van der Waals surface area (Å²) < 4.78 is 32.2. The van der Waals surface area contributed by atoms with Crippen LogP contribution in [0.25, 0.3) is 0 Å². The van der Waals surface area contributed by atoms with Crippen LogP contribution in [0, 0.1) is 35.3 Å². The van der Waals surface area contributed by atoms with Crippen LogP contribution in [-0.4, -0.2) is 7.11 Å². The van der Waals surface area contributed by atoms with Gasteiger partial charge in [-0.05, 0) is 43.7 Å². The van der Waals surface area contributed by atoms with Crippen molar-refractivity contribution in [3.05, 3.63) is 29.3 Å². The van der Waals surface area contributed by atoms with Gasteiger partial charge in [0.15, 0.2) is 11.6 Å². The lowest BCUT2D eigenvalue weighted by Crippen LogP contribution is -2.13. The lowest BCUT2D eigenvalue weighted by Gasteiger charge is -2.25. The highest BCUT2D eigenvalue weighted by atomic mass is 19.2. The van der Waals surface area contributed by atoms with E-state index < -0.39 is 11.6 Å². The Hall–Kier alpha value is -1.56. The molecule has 1 fully saturated rings. The van der Waals surface area contributed by atoms with E-state index in [0.29, 0.717) is 5.92 Å². The molecule has 0 N–H and O–H groups in total. The zero-order valence-corrected chi connectivity index (χ0v) is 13.4. The van der Waals surface area contributed by atoms with E-state index in [0.717, 1.165) is 18.8 Å². The SMILES string of the molecule is CCCC[C@H]1CC[C@H](C#Cc2ccc(OC)c(F)c2F)CC1. The summed E-state index contributed by atoms with van der Waals surface area (Å²) in [7, 11) is 1.32. The Morgan fingerprint density at radius 1 is 1.14 bits per heavy atom. The van der Waals surface area contributed by atoms with E-state index >= 15 is 0 Å². The van der Waals surface area contributed by atoms with Gasteiger partial charge >= 0.3 is 0 Å². The summed E-state index contributed by atoms with van der Waals surface area (Å²) in [6.07, 6.45) is 8.43. The second-order valence-electron chi connectivity index (χ2n) is 6.07. The highest BCUT2D eigenvalue weighted by molar-refractivity contribution is 5.41. The Morgan fingerprint density at radius 3 is 2.50 bits per heavy atom. The van der Waals surface area contributed by atoms with Crippen molar-refractivity contribution in [3.63, 3.8) is 0 Å². The number of rotatable bonds is 4. The summed E-state index contributed by atoms with van der Waals surface area (Å²) in [5, 5.41) is 0. The van der Waals surface area contributed by atoms with Gasteiger partial charge in [0, 0.05) is 5.92 Å². The number of halogens is 2. The monoisotopic (exact) mass is 306 g/mol. The van der Waals surface area contributed by atoms with Crippen molar-refractivity contribution in [3.8, 4) is 17.6 Å². The molecule has 1 aliphatic carbocycles. The molecule has 0 aliphatic heterocycles. The molecule has 0 spiro atoms. The van der Waals surface area contributed by atoms with E-state index in [9.17, 15) is 8.78 Å². The van der Waals surface area contributed by atoms with Gasteiger partial charge in [0.25, 0.3) is 0 Å². The van der Waals surface area contributed by atoms with E-state index in [2.05, 4.69) is 18.8 Å². The minimum absolute atomic E-state index is 0.0838. The fourth-order valence-electron chi connectivity index (χ4n) is 3.05. The zero-order valence-electron chi connectivity index (χ0n) is 13.4. The predicted octanol–water partition coefficient (Wildman–Crippen LogP) is 5.32. The molecular formula is C19H24F2O. The number of hydrogen-bond acceptors (Lipinski definition) is 1. The highest BCUT2D eigenvalue weighted by Crippen LogP contribution is 2.31. The molecule has 120 valence electrons. The minimum Gasteiger partial charge on any atom is -0.494 e. The molecule has 0 radical (unpaired) electrons. The second-order valence-corrected chi connectivity index (χ2v) is 6.07. The van der Waals surface area contributed by atoms with Crippen LogP contribution in [0.4, 0.5) is 8.78 Å². The standard InChI is InChI=1S/C19H24F2O/c1-3-4-5-14-6-8-15(9-7-14)10-11-16-12-13-17(22-2)19(21)18(16)20/h12-15H,3-9H2,1-2H3/t14-,15-. The number of ether oxygens (including phenoxy) is 1. The molecule has 1 saturated carbocycles. The maximum atomic E-state index is 13.8. The molecule has 1 aliphatic rings. The Labute approximate surface area is 132 Å². The van der Waals surface area contributed by atoms with Crippen molar-refractivity contribution < 1.29 is 13.5 Å². The third kappa shape index (κ3) is 4.22. The molecule has 3 heteroatoms. The molecule has 0 aromatic heterocycles. The van der Waals surface area contributed by atoms with E-state index in [-0.39, 0.29) is 11.3 Å². The summed E-state index contributed by atoms with van der Waals surface area (Å²) >= 11 is 0. The molecule has 0 unspecified atom stereocenters. The molecule has 2 rings (SSSR count). The molecular weight excluding hydrogens is 282 g/mol. The van der Waals surface area contributed by atoms with Crippen molar-refractivity contribution in [1.82, 2.24) is 0 Å². The first-order chi connectivity index (χ1) is 10.7. The molecule has 22 heavy (non-hydrogen) atoms. The first-order valence-electron chi connectivity index (χ1n) is 8.19. The molecule has 1 aromatic rings. The van der Waals surface area contributed by atoms with Crippen molar-refractivity contribution in [1.29, 1.82) is 0 Å². The molecule has 0 atom stereocenters. The third-order valence-electron chi connectivity index (χ3n) is 4.49. The largest absolute Gasteiger partial charge is 0.494 e. The van der Waals surface area contributed by atoms with Crippen LogP contribution >= 0.6 is 0 Å². The van der Waals surface area contributed by atoms with Crippen molar-refractivity contribution >= 4 is 0 Å². The maximum Gasteiger partial charge on any atom is 0.201 e. The van der Waals surface area contributed by atoms with Crippen LogP contribution in [0.5, 0.6) is 5.75 Å². The minimum atomic E-state index is -0.961. The summed E-state index contributed by atoms with van der Waals surface area (Å²) in [6, 6.07) is 2.90. The average molecular weight is 306 g/mol. The molecule has 1 aromatic carbocycles. The van der Waals surface area contributed by atoms with Crippen molar-refractivity contribution in [2.24, 2.45) is 11.8 Å². The second kappa shape index (κ2) is 8.17. The Kier molecular flexibility index (Phi) is 6.24. The van der Waals surface area contributed by atoms with Gasteiger partial charge in [-0.2, -0.15) is 4.39 Å². The van der Waals surface area contributed by atoms with Gasteiger partial charge in [-0.25, -0.2) is 4.39 Å². The fraction of sp³-hybridized carbons (Fsp3) is 0.579. The summed E-state index contributed by atoms with van der Waals surface area (Å²) in [5.74, 6) is 5.11. The summed E-state index contributed by atoms with van der Waals surface area (Å²) in [4.78, 5) is 0. The van der Waals surface area contributed by atoms with Gasteiger partial charge in [-0.3, -0.25) is 0 Å². The van der Waals surface area contributed by atoms with E-state index in [1.165, 1.54) is 51.3 Å². The van der Waals surface area contributed by atoms with Gasteiger partial charge in [-0.1, -0.05) is 38.0 Å². The first-order valence-corrected chi connectivity index (χ1v) is 8.19. The molecule has 0 amide bonds. The Balaban J connectivity index is 1.96. The van der Waals surface area contributed by atoms with Gasteiger partial charge in [-0.15, -0.1) is 0 Å². The van der Waals surface area contributed by atoms with Crippen molar-refractivity contribution in [2.75, 3.05) is 7.11 Å².